The minimum atomic E-state index is -3.68. The third kappa shape index (κ3) is 5.52. The monoisotopic (exact) mass is 385 g/mol. The third-order valence-corrected chi connectivity index (χ3v) is 6.11. The van der Waals surface area contributed by atoms with Gasteiger partial charge in [0.2, 0.25) is 10.0 Å². The van der Waals surface area contributed by atoms with Crippen LogP contribution in [0.4, 0.5) is 0 Å². The van der Waals surface area contributed by atoms with Crippen molar-refractivity contribution in [3.05, 3.63) is 59.6 Å². The summed E-state index contributed by atoms with van der Waals surface area (Å²) in [6.07, 6.45) is 0.168. The fourth-order valence-electron chi connectivity index (χ4n) is 1.92. The van der Waals surface area contributed by atoms with Gasteiger partial charge in [-0.05, 0) is 42.8 Å². The van der Waals surface area contributed by atoms with E-state index in [0.717, 1.165) is 4.90 Å². The Morgan fingerprint density at radius 1 is 1.12 bits per heavy atom. The van der Waals surface area contributed by atoms with E-state index in [0.29, 0.717) is 5.02 Å². The number of halogens is 1. The molecule has 1 unspecified atom stereocenters. The van der Waals surface area contributed by atoms with Crippen LogP contribution in [0.5, 0.6) is 0 Å². The highest BCUT2D eigenvalue weighted by atomic mass is 35.5. The molecule has 0 amide bonds. The first-order valence-corrected chi connectivity index (χ1v) is 9.82. The van der Waals surface area contributed by atoms with Gasteiger partial charge in [-0.2, -0.15) is 0 Å². The molecule has 2 aromatic rings. The van der Waals surface area contributed by atoms with Crippen molar-refractivity contribution in [2.75, 3.05) is 6.54 Å². The summed E-state index contributed by atoms with van der Waals surface area (Å²) in [5, 5.41) is 9.01. The van der Waals surface area contributed by atoms with Gasteiger partial charge in [0.1, 0.15) is 5.25 Å². The molecule has 1 atom stereocenters. The van der Waals surface area contributed by atoms with E-state index in [1.54, 1.807) is 0 Å². The molecule has 128 valence electrons. The largest absolute Gasteiger partial charge is 0.480 e. The lowest BCUT2D eigenvalue weighted by molar-refractivity contribution is -0.136. The number of sulfonamides is 1. The fourth-order valence-corrected chi connectivity index (χ4v) is 4.07. The summed E-state index contributed by atoms with van der Waals surface area (Å²) in [7, 11) is -3.68. The van der Waals surface area contributed by atoms with Crippen molar-refractivity contribution >= 4 is 39.4 Å². The van der Waals surface area contributed by atoms with E-state index < -0.39 is 21.2 Å². The van der Waals surface area contributed by atoms with Crippen molar-refractivity contribution in [1.82, 2.24) is 4.72 Å². The smallest absolute Gasteiger partial charge is 0.317 e. The normalized spacial score (nSPS) is 12.7. The lowest BCUT2D eigenvalue weighted by Crippen LogP contribution is -2.29. The van der Waals surface area contributed by atoms with Crippen molar-refractivity contribution in [2.24, 2.45) is 0 Å². The topological polar surface area (TPSA) is 83.5 Å². The predicted molar refractivity (Wildman–Crippen MR) is 95.0 cm³/mol. The quantitative estimate of drug-likeness (QED) is 0.681. The number of benzene rings is 2. The molecule has 0 saturated heterocycles. The molecule has 0 heterocycles. The molecule has 0 spiro atoms. The Morgan fingerprint density at radius 3 is 2.33 bits per heavy atom. The van der Waals surface area contributed by atoms with E-state index in [2.05, 4.69) is 4.72 Å². The van der Waals surface area contributed by atoms with Gasteiger partial charge in [-0.3, -0.25) is 4.79 Å². The molecular formula is C16H16ClNO4S2. The summed E-state index contributed by atoms with van der Waals surface area (Å²) >= 11 is 6.93. The minimum Gasteiger partial charge on any atom is -0.480 e. The molecule has 0 aromatic heterocycles. The Balaban J connectivity index is 1.95. The van der Waals surface area contributed by atoms with E-state index >= 15 is 0 Å². The Kier molecular flexibility index (Phi) is 6.68. The summed E-state index contributed by atoms with van der Waals surface area (Å²) in [5.74, 6) is -0.977. The number of carboxylic acid groups (broad SMARTS) is 1. The van der Waals surface area contributed by atoms with Crippen LogP contribution in [0.25, 0.3) is 0 Å². The highest BCUT2D eigenvalue weighted by Gasteiger charge is 2.20. The van der Waals surface area contributed by atoms with Crippen molar-refractivity contribution in [1.29, 1.82) is 0 Å². The Labute approximate surface area is 150 Å². The molecule has 8 heteroatoms. The maximum atomic E-state index is 12.1. The van der Waals surface area contributed by atoms with Gasteiger partial charge in [0.05, 0.1) is 4.90 Å². The Morgan fingerprint density at radius 2 is 1.75 bits per heavy atom. The number of aliphatic carboxylic acids is 1. The second-order valence-electron chi connectivity index (χ2n) is 4.90. The molecule has 0 fully saturated rings. The summed E-state index contributed by atoms with van der Waals surface area (Å²) in [4.78, 5) is 12.3. The standard InChI is InChI=1S/C16H16ClNO4S2/c17-12-6-8-14(9-7-12)24(21,22)18-11-10-15(16(19)20)23-13-4-2-1-3-5-13/h1-9,15,18H,10-11H2,(H,19,20). The lowest BCUT2D eigenvalue weighted by atomic mass is 10.3. The van der Waals surface area contributed by atoms with Crippen LogP contribution in [0, 0.1) is 0 Å². The van der Waals surface area contributed by atoms with Crippen molar-refractivity contribution in [2.45, 2.75) is 21.5 Å². The maximum Gasteiger partial charge on any atom is 0.317 e. The zero-order valence-corrected chi connectivity index (χ0v) is 14.9. The van der Waals surface area contributed by atoms with Crippen LogP contribution in [-0.4, -0.2) is 31.3 Å². The van der Waals surface area contributed by atoms with Crippen molar-refractivity contribution in [3.63, 3.8) is 0 Å². The number of rotatable bonds is 8. The molecule has 2 aromatic carbocycles. The van der Waals surface area contributed by atoms with Crippen LogP contribution in [-0.2, 0) is 14.8 Å². The van der Waals surface area contributed by atoms with Crippen LogP contribution >= 0.6 is 23.4 Å². The molecule has 0 bridgehead atoms. The predicted octanol–water partition coefficient (Wildman–Crippen LogP) is 3.25. The number of hydrogen-bond donors (Lipinski definition) is 2. The summed E-state index contributed by atoms with van der Waals surface area (Å²) in [6.45, 7) is 0.0295. The molecule has 2 rings (SSSR count). The van der Waals surface area contributed by atoms with E-state index in [-0.39, 0.29) is 17.9 Å². The highest BCUT2D eigenvalue weighted by molar-refractivity contribution is 8.00. The van der Waals surface area contributed by atoms with Gasteiger partial charge < -0.3 is 5.11 Å². The van der Waals surface area contributed by atoms with Gasteiger partial charge >= 0.3 is 5.97 Å². The molecule has 0 radical (unpaired) electrons. The Hall–Kier alpha value is -1.54. The Bertz CT molecular complexity index is 779. The number of thioether (sulfide) groups is 1. The third-order valence-electron chi connectivity index (χ3n) is 3.12. The van der Waals surface area contributed by atoms with Gasteiger partial charge in [0.15, 0.2) is 0 Å². The van der Waals surface area contributed by atoms with E-state index in [1.807, 2.05) is 30.3 Å². The molecule has 5 nitrogen and oxygen atoms in total. The fraction of sp³-hybridized carbons (Fsp3) is 0.188. The van der Waals surface area contributed by atoms with Crippen LogP contribution in [0.1, 0.15) is 6.42 Å². The molecule has 0 saturated carbocycles. The summed E-state index contributed by atoms with van der Waals surface area (Å²) in [6, 6.07) is 14.9. The number of carbonyl (C=O) groups is 1. The average Bonchev–Trinajstić information content (AvgIpc) is 2.55. The number of hydrogen-bond acceptors (Lipinski definition) is 4. The zero-order valence-electron chi connectivity index (χ0n) is 12.6. The van der Waals surface area contributed by atoms with Gasteiger partial charge in [-0.15, -0.1) is 11.8 Å². The highest BCUT2D eigenvalue weighted by Crippen LogP contribution is 2.25. The van der Waals surface area contributed by atoms with E-state index in [9.17, 15) is 18.3 Å². The first-order valence-electron chi connectivity index (χ1n) is 7.08. The molecular weight excluding hydrogens is 370 g/mol. The van der Waals surface area contributed by atoms with Gasteiger partial charge in [0, 0.05) is 16.5 Å². The van der Waals surface area contributed by atoms with Crippen molar-refractivity contribution < 1.29 is 18.3 Å². The van der Waals surface area contributed by atoms with E-state index in [1.165, 1.54) is 36.0 Å². The van der Waals surface area contributed by atoms with Crippen LogP contribution in [0.2, 0.25) is 5.02 Å². The molecule has 2 N–H and O–H groups in total. The zero-order chi connectivity index (χ0) is 17.6. The lowest BCUT2D eigenvalue weighted by Gasteiger charge is -2.13. The first kappa shape index (κ1) is 18.8. The molecule has 0 aliphatic carbocycles. The van der Waals surface area contributed by atoms with Crippen LogP contribution in [0.15, 0.2) is 64.4 Å². The van der Waals surface area contributed by atoms with Gasteiger partial charge in [-0.25, -0.2) is 13.1 Å². The average molecular weight is 386 g/mol. The maximum absolute atomic E-state index is 12.1. The second kappa shape index (κ2) is 8.53. The molecule has 24 heavy (non-hydrogen) atoms. The molecule has 0 aliphatic rings. The van der Waals surface area contributed by atoms with Gasteiger partial charge in [-0.1, -0.05) is 29.8 Å². The number of carboxylic acids is 1. The van der Waals surface area contributed by atoms with E-state index in [4.69, 9.17) is 11.6 Å². The summed E-state index contributed by atoms with van der Waals surface area (Å²) < 4.78 is 26.7. The van der Waals surface area contributed by atoms with Crippen molar-refractivity contribution in [3.8, 4) is 0 Å². The van der Waals surface area contributed by atoms with Crippen LogP contribution < -0.4 is 4.72 Å². The minimum absolute atomic E-state index is 0.0295. The molecule has 0 aliphatic heterocycles. The first-order chi connectivity index (χ1) is 11.4. The van der Waals surface area contributed by atoms with Gasteiger partial charge in [0.25, 0.3) is 0 Å². The SMILES string of the molecule is O=C(O)C(CCNS(=O)(=O)c1ccc(Cl)cc1)Sc1ccccc1. The van der Waals surface area contributed by atoms with Crippen LogP contribution in [0.3, 0.4) is 0 Å². The number of nitrogens with one attached hydrogen (secondary N) is 1. The summed E-state index contributed by atoms with van der Waals surface area (Å²) in [5.41, 5.74) is 0. The second-order valence-corrected chi connectivity index (χ2v) is 8.38.